The lowest BCUT2D eigenvalue weighted by Crippen LogP contribution is -2.13. The van der Waals surface area contributed by atoms with Gasteiger partial charge >= 0.3 is 0 Å². The Hall–Kier alpha value is -2.93. The highest BCUT2D eigenvalue weighted by Gasteiger charge is 2.15. The van der Waals surface area contributed by atoms with Crippen molar-refractivity contribution in [2.45, 2.75) is 47.5 Å². The molecular formula is C23H28N4O2S. The van der Waals surface area contributed by atoms with Gasteiger partial charge in [0, 0.05) is 17.0 Å². The first-order valence-electron chi connectivity index (χ1n) is 10.2. The summed E-state index contributed by atoms with van der Waals surface area (Å²) in [4.78, 5) is 17.4. The summed E-state index contributed by atoms with van der Waals surface area (Å²) in [5, 5.41) is 8.14. The number of hydrogen-bond acceptors (Lipinski definition) is 6. The van der Waals surface area contributed by atoms with Crippen LogP contribution in [0.3, 0.4) is 0 Å². The molecule has 0 saturated heterocycles. The monoisotopic (exact) mass is 424 g/mol. The van der Waals surface area contributed by atoms with E-state index in [4.69, 9.17) is 4.74 Å². The number of aryl methyl sites for hydroxylation is 2. The van der Waals surface area contributed by atoms with Crippen LogP contribution in [0.15, 0.2) is 35.4 Å². The van der Waals surface area contributed by atoms with Crippen molar-refractivity contribution in [2.75, 3.05) is 17.3 Å². The van der Waals surface area contributed by atoms with Gasteiger partial charge in [-0.15, -0.1) is 0 Å². The van der Waals surface area contributed by atoms with Crippen LogP contribution in [0.2, 0.25) is 0 Å². The lowest BCUT2D eigenvalue weighted by atomic mass is 10.1. The van der Waals surface area contributed by atoms with E-state index in [0.29, 0.717) is 12.2 Å². The molecule has 0 fully saturated rings. The topological polar surface area (TPSA) is 75.6 Å². The highest BCUT2D eigenvalue weighted by Crippen LogP contribution is 2.35. The van der Waals surface area contributed by atoms with E-state index in [1.165, 1.54) is 11.3 Å². The van der Waals surface area contributed by atoms with E-state index in [0.717, 1.165) is 56.5 Å². The molecule has 1 aromatic heterocycles. The summed E-state index contributed by atoms with van der Waals surface area (Å²) in [6.45, 7) is 10.8. The summed E-state index contributed by atoms with van der Waals surface area (Å²) in [5.41, 5.74) is 8.34. The number of nitrogens with zero attached hydrogens (tertiary/aromatic N) is 2. The average Bonchev–Trinajstić information content (AvgIpc) is 3.16. The lowest BCUT2D eigenvalue weighted by Gasteiger charge is -2.13. The van der Waals surface area contributed by atoms with Crippen molar-refractivity contribution >= 4 is 44.0 Å². The Morgan fingerprint density at radius 1 is 1.20 bits per heavy atom. The van der Waals surface area contributed by atoms with Gasteiger partial charge in [-0.2, -0.15) is 5.10 Å². The fourth-order valence-electron chi connectivity index (χ4n) is 2.96. The molecule has 0 atom stereocenters. The minimum Gasteiger partial charge on any atom is -0.494 e. The first-order chi connectivity index (χ1) is 14.4. The SMILES string of the molecule is CCCOc1ccc(C(=O)Nc2c(C)cc3nc(N/N=C(/C)CC)sc3c2C)cc1. The van der Waals surface area contributed by atoms with Gasteiger partial charge in [-0.3, -0.25) is 10.2 Å². The summed E-state index contributed by atoms with van der Waals surface area (Å²) in [6.07, 6.45) is 1.83. The van der Waals surface area contributed by atoms with Crippen molar-refractivity contribution in [1.29, 1.82) is 0 Å². The number of aromatic nitrogens is 1. The van der Waals surface area contributed by atoms with Crippen LogP contribution in [-0.2, 0) is 0 Å². The second-order valence-corrected chi connectivity index (χ2v) is 8.20. The Labute approximate surface area is 181 Å². The molecular weight excluding hydrogens is 396 g/mol. The molecule has 3 rings (SSSR count). The molecule has 0 unspecified atom stereocenters. The molecule has 0 spiro atoms. The highest BCUT2D eigenvalue weighted by atomic mass is 32.1. The van der Waals surface area contributed by atoms with E-state index in [-0.39, 0.29) is 5.91 Å². The number of rotatable bonds is 8. The van der Waals surface area contributed by atoms with E-state index in [1.807, 2.05) is 39.0 Å². The number of anilines is 2. The van der Waals surface area contributed by atoms with Crippen LogP contribution in [0, 0.1) is 13.8 Å². The first-order valence-corrected chi connectivity index (χ1v) is 11.0. The molecule has 7 heteroatoms. The lowest BCUT2D eigenvalue weighted by molar-refractivity contribution is 0.102. The zero-order valence-electron chi connectivity index (χ0n) is 18.1. The van der Waals surface area contributed by atoms with E-state index in [9.17, 15) is 4.79 Å². The predicted octanol–water partition coefficient (Wildman–Crippen LogP) is 6.15. The predicted molar refractivity (Wildman–Crippen MR) is 126 cm³/mol. The summed E-state index contributed by atoms with van der Waals surface area (Å²) in [6, 6.07) is 9.22. The zero-order chi connectivity index (χ0) is 21.7. The largest absolute Gasteiger partial charge is 0.494 e. The Balaban J connectivity index is 1.82. The molecule has 1 amide bonds. The van der Waals surface area contributed by atoms with Gasteiger partial charge in [0.2, 0.25) is 5.13 Å². The Morgan fingerprint density at radius 3 is 2.60 bits per heavy atom. The van der Waals surface area contributed by atoms with Gasteiger partial charge < -0.3 is 10.1 Å². The molecule has 1 heterocycles. The van der Waals surface area contributed by atoms with Crippen molar-refractivity contribution in [3.63, 3.8) is 0 Å². The maximum absolute atomic E-state index is 12.8. The number of amides is 1. The molecule has 2 N–H and O–H groups in total. The Morgan fingerprint density at radius 2 is 1.93 bits per heavy atom. The number of carbonyl (C=O) groups is 1. The number of ether oxygens (including phenoxy) is 1. The van der Waals surface area contributed by atoms with Crippen LogP contribution >= 0.6 is 11.3 Å². The standard InChI is InChI=1S/C23H28N4O2S/c1-6-12-29-18-10-8-17(9-11-18)22(28)25-20-14(3)13-19-21(16(20)5)30-23(24-19)27-26-15(4)7-2/h8-11,13H,6-7,12H2,1-5H3,(H,24,27)(H,25,28)/b26-15-. The summed E-state index contributed by atoms with van der Waals surface area (Å²) < 4.78 is 6.62. The van der Waals surface area contributed by atoms with Gasteiger partial charge in [-0.05, 0) is 75.1 Å². The van der Waals surface area contributed by atoms with Crippen molar-refractivity contribution < 1.29 is 9.53 Å². The molecule has 0 aliphatic carbocycles. The average molecular weight is 425 g/mol. The van der Waals surface area contributed by atoms with E-state index < -0.39 is 0 Å². The molecule has 2 aromatic carbocycles. The van der Waals surface area contributed by atoms with Gasteiger partial charge in [-0.25, -0.2) is 4.98 Å². The molecule has 0 saturated carbocycles. The van der Waals surface area contributed by atoms with Crippen LogP contribution in [-0.4, -0.2) is 23.2 Å². The summed E-state index contributed by atoms with van der Waals surface area (Å²) in [5.74, 6) is 0.626. The minimum absolute atomic E-state index is 0.145. The minimum atomic E-state index is -0.145. The van der Waals surface area contributed by atoms with Gasteiger partial charge in [0.1, 0.15) is 5.75 Å². The molecule has 3 aromatic rings. The van der Waals surface area contributed by atoms with Crippen LogP contribution in [0.4, 0.5) is 10.8 Å². The molecule has 0 radical (unpaired) electrons. The maximum atomic E-state index is 12.8. The molecule has 0 bridgehead atoms. The molecule has 0 aliphatic heterocycles. The summed E-state index contributed by atoms with van der Waals surface area (Å²) in [7, 11) is 0. The van der Waals surface area contributed by atoms with Crippen molar-refractivity contribution in [1.82, 2.24) is 4.98 Å². The van der Waals surface area contributed by atoms with Crippen LogP contribution in [0.1, 0.15) is 55.1 Å². The fraction of sp³-hybridized carbons (Fsp3) is 0.348. The Kier molecular flexibility index (Phi) is 7.05. The van der Waals surface area contributed by atoms with Crippen LogP contribution < -0.4 is 15.5 Å². The van der Waals surface area contributed by atoms with Crippen molar-refractivity contribution in [3.8, 4) is 5.75 Å². The second kappa shape index (κ2) is 9.71. The number of carbonyl (C=O) groups excluding carboxylic acids is 1. The van der Waals surface area contributed by atoms with Crippen LogP contribution in [0.5, 0.6) is 5.75 Å². The van der Waals surface area contributed by atoms with E-state index in [2.05, 4.69) is 34.7 Å². The van der Waals surface area contributed by atoms with Gasteiger partial charge in [0.05, 0.1) is 16.8 Å². The number of fused-ring (bicyclic) bond motifs is 1. The van der Waals surface area contributed by atoms with Crippen LogP contribution in [0.25, 0.3) is 10.2 Å². The normalized spacial score (nSPS) is 11.6. The zero-order valence-corrected chi connectivity index (χ0v) is 18.9. The quantitative estimate of drug-likeness (QED) is 0.336. The molecule has 158 valence electrons. The molecule has 30 heavy (non-hydrogen) atoms. The smallest absolute Gasteiger partial charge is 0.255 e. The van der Waals surface area contributed by atoms with Gasteiger partial charge in [0.25, 0.3) is 5.91 Å². The summed E-state index contributed by atoms with van der Waals surface area (Å²) >= 11 is 1.53. The Bertz CT molecular complexity index is 1070. The number of nitrogens with one attached hydrogen (secondary N) is 2. The number of hydrogen-bond donors (Lipinski definition) is 2. The third-order valence-electron chi connectivity index (χ3n) is 4.80. The highest BCUT2D eigenvalue weighted by molar-refractivity contribution is 7.22. The first kappa shape index (κ1) is 21.8. The number of thiazole rings is 1. The van der Waals surface area contributed by atoms with Crippen molar-refractivity contribution in [3.05, 3.63) is 47.0 Å². The third kappa shape index (κ3) is 4.97. The van der Waals surface area contributed by atoms with Crippen molar-refractivity contribution in [2.24, 2.45) is 5.10 Å². The third-order valence-corrected chi connectivity index (χ3v) is 5.89. The van der Waals surface area contributed by atoms with E-state index in [1.54, 1.807) is 12.1 Å². The van der Waals surface area contributed by atoms with Gasteiger partial charge in [0.15, 0.2) is 0 Å². The number of hydrazone groups is 1. The second-order valence-electron chi connectivity index (χ2n) is 7.20. The maximum Gasteiger partial charge on any atom is 0.255 e. The number of benzene rings is 2. The van der Waals surface area contributed by atoms with E-state index >= 15 is 0 Å². The van der Waals surface area contributed by atoms with Gasteiger partial charge in [-0.1, -0.05) is 25.2 Å². The fourth-order valence-corrected chi connectivity index (χ4v) is 3.85. The molecule has 0 aliphatic rings. The molecule has 6 nitrogen and oxygen atoms in total.